The van der Waals surface area contributed by atoms with Gasteiger partial charge >= 0.3 is 12.2 Å². The lowest BCUT2D eigenvalue weighted by Gasteiger charge is -2.35. The maximum atomic E-state index is 13.2. The van der Waals surface area contributed by atoms with Gasteiger partial charge in [0.05, 0.1) is 11.6 Å². The molecule has 4 heterocycles. The molecular weight excluding hydrogens is 411 g/mol. The van der Waals surface area contributed by atoms with E-state index in [-0.39, 0.29) is 18.9 Å². The van der Waals surface area contributed by atoms with Gasteiger partial charge in [-0.05, 0) is 43.9 Å². The van der Waals surface area contributed by atoms with E-state index in [1.807, 2.05) is 0 Å². The number of carbonyl (C=O) groups excluding carboxylic acids is 1. The monoisotopic (exact) mass is 435 g/mol. The molecule has 2 aromatic rings. The minimum atomic E-state index is -4.23. The van der Waals surface area contributed by atoms with Gasteiger partial charge < -0.3 is 10.2 Å². The Morgan fingerprint density at radius 3 is 2.71 bits per heavy atom. The first-order valence-corrected chi connectivity index (χ1v) is 10.3. The van der Waals surface area contributed by atoms with Crippen LogP contribution in [0.25, 0.3) is 0 Å². The Kier molecular flexibility index (Phi) is 6.10. The zero-order chi connectivity index (χ0) is 21.8. The van der Waals surface area contributed by atoms with E-state index < -0.39 is 18.1 Å². The molecule has 2 aliphatic heterocycles. The Morgan fingerprint density at radius 1 is 1.13 bits per heavy atom. The fraction of sp³-hybridized carbons (Fsp3) is 0.500. The molecule has 2 aromatic heterocycles. The standard InChI is InChI=1S/C20H24F3N7O/c21-20(22,23)14-5-3-11-29(13-14)16-7-6-15-17(27-16)30(12-2-1-8-24-15)19(31)28-18-25-9-4-10-26-18/h4,6-7,9-10,14,24H,1-3,5,8,11-13H2,(H,25,26,28,31). The summed E-state index contributed by atoms with van der Waals surface area (Å²) >= 11 is 0. The summed E-state index contributed by atoms with van der Waals surface area (Å²) in [6.07, 6.45) is 0.998. The molecule has 1 atom stereocenters. The van der Waals surface area contributed by atoms with Crippen molar-refractivity contribution in [3.63, 3.8) is 0 Å². The molecule has 1 unspecified atom stereocenters. The number of urea groups is 1. The van der Waals surface area contributed by atoms with Crippen LogP contribution in [0, 0.1) is 5.92 Å². The number of nitrogens with zero attached hydrogens (tertiary/aromatic N) is 5. The number of aromatic nitrogens is 3. The van der Waals surface area contributed by atoms with Gasteiger partial charge in [0.25, 0.3) is 0 Å². The molecular formula is C20H24F3N7O. The molecule has 0 bridgehead atoms. The average molecular weight is 435 g/mol. The van der Waals surface area contributed by atoms with Crippen molar-refractivity contribution in [1.82, 2.24) is 15.0 Å². The number of piperidine rings is 1. The topological polar surface area (TPSA) is 86.3 Å². The van der Waals surface area contributed by atoms with E-state index in [0.717, 1.165) is 19.4 Å². The van der Waals surface area contributed by atoms with Crippen molar-refractivity contribution in [2.45, 2.75) is 31.9 Å². The Labute approximate surface area is 177 Å². The molecule has 11 heteroatoms. The summed E-state index contributed by atoms with van der Waals surface area (Å²) in [6.45, 7) is 1.52. The predicted molar refractivity (Wildman–Crippen MR) is 111 cm³/mol. The second-order valence-electron chi connectivity index (χ2n) is 7.66. The number of fused-ring (bicyclic) bond motifs is 1. The third-order valence-electron chi connectivity index (χ3n) is 5.48. The van der Waals surface area contributed by atoms with Crippen LogP contribution < -0.4 is 20.4 Å². The largest absolute Gasteiger partial charge is 0.393 e. The number of anilines is 4. The molecule has 2 aliphatic rings. The van der Waals surface area contributed by atoms with Crippen molar-refractivity contribution in [3.05, 3.63) is 30.6 Å². The van der Waals surface area contributed by atoms with Gasteiger partial charge in [0.15, 0.2) is 5.82 Å². The van der Waals surface area contributed by atoms with Gasteiger partial charge in [0, 0.05) is 38.6 Å². The van der Waals surface area contributed by atoms with E-state index in [1.165, 1.54) is 17.3 Å². The highest BCUT2D eigenvalue weighted by Gasteiger charge is 2.42. The lowest BCUT2D eigenvalue weighted by Crippen LogP contribution is -2.42. The zero-order valence-corrected chi connectivity index (χ0v) is 16.9. The Bertz CT molecular complexity index is 909. The first kappa shape index (κ1) is 21.1. The molecule has 31 heavy (non-hydrogen) atoms. The van der Waals surface area contributed by atoms with Crippen LogP contribution in [-0.4, -0.2) is 53.3 Å². The van der Waals surface area contributed by atoms with Crippen LogP contribution in [0.2, 0.25) is 0 Å². The summed E-state index contributed by atoms with van der Waals surface area (Å²) in [6, 6.07) is 4.70. The van der Waals surface area contributed by atoms with Crippen molar-refractivity contribution in [3.8, 4) is 0 Å². The predicted octanol–water partition coefficient (Wildman–Crippen LogP) is 3.89. The minimum absolute atomic E-state index is 0.123. The van der Waals surface area contributed by atoms with E-state index in [1.54, 1.807) is 23.1 Å². The number of amides is 2. The molecule has 166 valence electrons. The molecule has 0 saturated carbocycles. The Morgan fingerprint density at radius 2 is 1.94 bits per heavy atom. The number of hydrogen-bond acceptors (Lipinski definition) is 6. The zero-order valence-electron chi connectivity index (χ0n) is 16.9. The number of alkyl halides is 3. The molecule has 2 N–H and O–H groups in total. The molecule has 1 fully saturated rings. The molecule has 8 nitrogen and oxygen atoms in total. The normalized spacial score (nSPS) is 19.6. The highest BCUT2D eigenvalue weighted by Crippen LogP contribution is 2.36. The van der Waals surface area contributed by atoms with Crippen LogP contribution in [0.5, 0.6) is 0 Å². The molecule has 0 aliphatic carbocycles. The van der Waals surface area contributed by atoms with Crippen LogP contribution >= 0.6 is 0 Å². The van der Waals surface area contributed by atoms with E-state index in [4.69, 9.17) is 0 Å². The number of halogens is 3. The lowest BCUT2D eigenvalue weighted by atomic mass is 9.97. The third-order valence-corrected chi connectivity index (χ3v) is 5.48. The second kappa shape index (κ2) is 8.94. The number of pyridine rings is 1. The smallest absolute Gasteiger partial charge is 0.382 e. The first-order chi connectivity index (χ1) is 14.9. The van der Waals surface area contributed by atoms with Crippen LogP contribution in [0.4, 0.5) is 41.2 Å². The summed E-state index contributed by atoms with van der Waals surface area (Å²) in [5.74, 6) is -0.384. The van der Waals surface area contributed by atoms with Gasteiger partial charge in [0.1, 0.15) is 5.82 Å². The fourth-order valence-electron chi connectivity index (χ4n) is 3.86. The summed E-state index contributed by atoms with van der Waals surface area (Å²) in [5.41, 5.74) is 0.664. The van der Waals surface area contributed by atoms with Crippen molar-refractivity contribution < 1.29 is 18.0 Å². The number of rotatable bonds is 2. The van der Waals surface area contributed by atoms with E-state index >= 15 is 0 Å². The van der Waals surface area contributed by atoms with Crippen molar-refractivity contribution in [2.24, 2.45) is 5.92 Å². The summed E-state index contributed by atoms with van der Waals surface area (Å²) < 4.78 is 39.7. The Hall–Kier alpha value is -3.11. The second-order valence-corrected chi connectivity index (χ2v) is 7.66. The number of carbonyl (C=O) groups is 1. The molecule has 0 aromatic carbocycles. The van der Waals surface area contributed by atoms with Gasteiger partial charge in [-0.2, -0.15) is 13.2 Å². The van der Waals surface area contributed by atoms with Crippen LogP contribution in [0.1, 0.15) is 25.7 Å². The molecule has 0 spiro atoms. The van der Waals surface area contributed by atoms with Gasteiger partial charge in [-0.1, -0.05) is 0 Å². The molecule has 1 saturated heterocycles. The summed E-state index contributed by atoms with van der Waals surface area (Å²) in [7, 11) is 0. The number of nitrogens with one attached hydrogen (secondary N) is 2. The van der Waals surface area contributed by atoms with Crippen LogP contribution in [-0.2, 0) is 0 Å². The van der Waals surface area contributed by atoms with Crippen molar-refractivity contribution in [2.75, 3.05) is 46.6 Å². The van der Waals surface area contributed by atoms with Gasteiger partial charge in [-0.3, -0.25) is 10.2 Å². The highest BCUT2D eigenvalue weighted by atomic mass is 19.4. The van der Waals surface area contributed by atoms with Crippen LogP contribution in [0.15, 0.2) is 30.6 Å². The molecule has 2 amide bonds. The minimum Gasteiger partial charge on any atom is -0.382 e. The van der Waals surface area contributed by atoms with Gasteiger partial charge in [-0.15, -0.1) is 0 Å². The molecule has 0 radical (unpaired) electrons. The van der Waals surface area contributed by atoms with Crippen molar-refractivity contribution >= 4 is 29.3 Å². The fourth-order valence-corrected chi connectivity index (χ4v) is 3.86. The average Bonchev–Trinajstić information content (AvgIpc) is 2.74. The van der Waals surface area contributed by atoms with Crippen molar-refractivity contribution in [1.29, 1.82) is 0 Å². The highest BCUT2D eigenvalue weighted by molar-refractivity contribution is 6.02. The van der Waals surface area contributed by atoms with E-state index in [2.05, 4.69) is 25.6 Å². The lowest BCUT2D eigenvalue weighted by molar-refractivity contribution is -0.176. The van der Waals surface area contributed by atoms with Crippen LogP contribution in [0.3, 0.4) is 0 Å². The quantitative estimate of drug-likeness (QED) is 0.744. The summed E-state index contributed by atoms with van der Waals surface area (Å²) in [4.78, 5) is 28.8. The summed E-state index contributed by atoms with van der Waals surface area (Å²) in [5, 5.41) is 5.92. The maximum absolute atomic E-state index is 13.2. The van der Waals surface area contributed by atoms with Gasteiger partial charge in [-0.25, -0.2) is 19.7 Å². The maximum Gasteiger partial charge on any atom is 0.393 e. The number of hydrogen-bond donors (Lipinski definition) is 2. The van der Waals surface area contributed by atoms with E-state index in [9.17, 15) is 18.0 Å². The van der Waals surface area contributed by atoms with E-state index in [0.29, 0.717) is 36.8 Å². The third kappa shape index (κ3) is 4.97. The molecule has 4 rings (SSSR count). The first-order valence-electron chi connectivity index (χ1n) is 10.3. The SMILES string of the molecule is O=C(Nc1ncccn1)N1CCCCNc2ccc(N3CCCC(C(F)(F)F)C3)nc21. The Balaban J connectivity index is 1.61. The van der Waals surface area contributed by atoms with Gasteiger partial charge in [0.2, 0.25) is 5.95 Å².